The molecule has 2 aromatic rings. The zero-order valence-corrected chi connectivity index (χ0v) is 14.1. The van der Waals surface area contributed by atoms with E-state index >= 15 is 0 Å². The number of amides is 1. The molecule has 3 heterocycles. The van der Waals surface area contributed by atoms with E-state index in [1.54, 1.807) is 18.5 Å². The van der Waals surface area contributed by atoms with Crippen LogP contribution in [0.25, 0.3) is 0 Å². The van der Waals surface area contributed by atoms with Crippen molar-refractivity contribution in [2.75, 3.05) is 13.1 Å². The van der Waals surface area contributed by atoms with Crippen LogP contribution in [-0.2, 0) is 6.54 Å². The molecule has 1 atom stereocenters. The predicted octanol–water partition coefficient (Wildman–Crippen LogP) is 2.01. The summed E-state index contributed by atoms with van der Waals surface area (Å²) in [6, 6.07) is 5.34. The lowest BCUT2D eigenvalue weighted by molar-refractivity contribution is 0.0652. The Morgan fingerprint density at radius 3 is 3.04 bits per heavy atom. The summed E-state index contributed by atoms with van der Waals surface area (Å²) in [4.78, 5) is 23.0. The number of rotatable bonds is 5. The van der Waals surface area contributed by atoms with Crippen LogP contribution in [0, 0.1) is 5.92 Å². The van der Waals surface area contributed by atoms with Crippen molar-refractivity contribution in [3.8, 4) is 5.88 Å². The molecule has 0 radical (unpaired) electrons. The third-order valence-electron chi connectivity index (χ3n) is 4.02. The Morgan fingerprint density at radius 1 is 1.42 bits per heavy atom. The Balaban J connectivity index is 1.65. The third kappa shape index (κ3) is 4.10. The van der Waals surface area contributed by atoms with E-state index in [2.05, 4.69) is 15.1 Å². The number of likely N-dealkylation sites (tertiary alicyclic amines) is 1. The summed E-state index contributed by atoms with van der Waals surface area (Å²) in [6.45, 7) is 6.15. The lowest BCUT2D eigenvalue weighted by Gasteiger charge is -2.32. The summed E-state index contributed by atoms with van der Waals surface area (Å²) in [5.41, 5.74) is 0.439. The smallest absolute Gasteiger partial charge is 0.272 e. The van der Waals surface area contributed by atoms with Crippen LogP contribution in [0.4, 0.5) is 0 Å². The van der Waals surface area contributed by atoms with Crippen molar-refractivity contribution in [1.29, 1.82) is 0 Å². The minimum atomic E-state index is -0.0347. The van der Waals surface area contributed by atoms with Gasteiger partial charge in [-0.3, -0.25) is 9.48 Å². The third-order valence-corrected chi connectivity index (χ3v) is 4.02. The largest absolute Gasteiger partial charge is 0.475 e. The topological polar surface area (TPSA) is 73.1 Å². The fraction of sp³-hybridized carbons (Fsp3) is 0.529. The molecule has 0 spiro atoms. The Hall–Kier alpha value is -2.44. The van der Waals surface area contributed by atoms with Gasteiger partial charge in [0, 0.05) is 25.7 Å². The Morgan fingerprint density at radius 2 is 2.29 bits per heavy atom. The highest BCUT2D eigenvalue weighted by molar-refractivity contribution is 5.92. The Labute approximate surface area is 141 Å². The van der Waals surface area contributed by atoms with Gasteiger partial charge in [-0.15, -0.1) is 0 Å². The highest BCUT2D eigenvalue weighted by atomic mass is 16.5. The molecule has 24 heavy (non-hydrogen) atoms. The van der Waals surface area contributed by atoms with Gasteiger partial charge in [0.05, 0.1) is 6.10 Å². The number of ether oxygens (including phenoxy) is 1. The Bertz CT molecular complexity index is 671. The quantitative estimate of drug-likeness (QED) is 0.839. The van der Waals surface area contributed by atoms with Crippen molar-refractivity contribution in [3.05, 3.63) is 36.5 Å². The van der Waals surface area contributed by atoms with E-state index < -0.39 is 0 Å². The van der Waals surface area contributed by atoms with Gasteiger partial charge >= 0.3 is 0 Å². The summed E-state index contributed by atoms with van der Waals surface area (Å²) in [6.07, 6.45) is 5.37. The van der Waals surface area contributed by atoms with Gasteiger partial charge in [-0.05, 0) is 38.7 Å². The summed E-state index contributed by atoms with van der Waals surface area (Å²) in [5, 5.41) is 4.15. The first-order valence-electron chi connectivity index (χ1n) is 8.37. The number of piperidine rings is 1. The van der Waals surface area contributed by atoms with Gasteiger partial charge in [-0.2, -0.15) is 5.10 Å². The van der Waals surface area contributed by atoms with E-state index in [-0.39, 0.29) is 12.0 Å². The first-order chi connectivity index (χ1) is 11.6. The molecule has 0 saturated carbocycles. The van der Waals surface area contributed by atoms with Crippen LogP contribution in [0.2, 0.25) is 0 Å². The SMILES string of the molecule is CC(C)Oc1cccc(C(=O)N2CCC[C@@H](Cn3cncn3)C2)n1. The average Bonchev–Trinajstić information content (AvgIpc) is 3.07. The van der Waals surface area contributed by atoms with E-state index in [9.17, 15) is 4.79 Å². The molecule has 0 N–H and O–H groups in total. The maximum absolute atomic E-state index is 12.8. The molecule has 2 aromatic heterocycles. The van der Waals surface area contributed by atoms with Crippen LogP contribution < -0.4 is 4.74 Å². The van der Waals surface area contributed by atoms with Crippen LogP contribution in [0.15, 0.2) is 30.9 Å². The summed E-state index contributed by atoms with van der Waals surface area (Å²) in [7, 11) is 0. The molecule has 0 aromatic carbocycles. The molecule has 1 aliphatic heterocycles. The van der Waals surface area contributed by atoms with Crippen LogP contribution in [0.1, 0.15) is 37.2 Å². The van der Waals surface area contributed by atoms with Crippen LogP contribution in [0.3, 0.4) is 0 Å². The number of hydrogen-bond donors (Lipinski definition) is 0. The molecule has 3 rings (SSSR count). The molecule has 0 bridgehead atoms. The molecular formula is C17H23N5O2. The summed E-state index contributed by atoms with van der Waals surface area (Å²) < 4.78 is 7.41. The van der Waals surface area contributed by atoms with Gasteiger partial charge in [-0.25, -0.2) is 9.97 Å². The number of hydrogen-bond acceptors (Lipinski definition) is 5. The second-order valence-corrected chi connectivity index (χ2v) is 6.40. The van der Waals surface area contributed by atoms with E-state index in [4.69, 9.17) is 4.74 Å². The lowest BCUT2D eigenvalue weighted by atomic mass is 9.98. The van der Waals surface area contributed by atoms with Gasteiger partial charge < -0.3 is 9.64 Å². The van der Waals surface area contributed by atoms with Crippen molar-refractivity contribution < 1.29 is 9.53 Å². The van der Waals surface area contributed by atoms with Crippen molar-refractivity contribution in [3.63, 3.8) is 0 Å². The van der Waals surface area contributed by atoms with Gasteiger partial charge in [-0.1, -0.05) is 6.07 Å². The fourth-order valence-corrected chi connectivity index (χ4v) is 2.99. The minimum Gasteiger partial charge on any atom is -0.475 e. The number of aromatic nitrogens is 4. The van der Waals surface area contributed by atoms with Crippen molar-refractivity contribution >= 4 is 5.91 Å². The van der Waals surface area contributed by atoms with Crippen LogP contribution in [-0.4, -0.2) is 49.7 Å². The van der Waals surface area contributed by atoms with Gasteiger partial charge in [0.1, 0.15) is 18.3 Å². The highest BCUT2D eigenvalue weighted by Gasteiger charge is 2.25. The predicted molar refractivity (Wildman–Crippen MR) is 88.7 cm³/mol. The first-order valence-corrected chi connectivity index (χ1v) is 8.37. The second kappa shape index (κ2) is 7.42. The van der Waals surface area contributed by atoms with Crippen LogP contribution >= 0.6 is 0 Å². The van der Waals surface area contributed by atoms with E-state index in [0.717, 1.165) is 32.5 Å². The minimum absolute atomic E-state index is 0.0323. The maximum atomic E-state index is 12.8. The van der Waals surface area contributed by atoms with Gasteiger partial charge in [0.25, 0.3) is 5.91 Å². The monoisotopic (exact) mass is 329 g/mol. The molecule has 0 unspecified atom stereocenters. The van der Waals surface area contributed by atoms with Crippen molar-refractivity contribution in [1.82, 2.24) is 24.6 Å². The zero-order chi connectivity index (χ0) is 16.9. The highest BCUT2D eigenvalue weighted by Crippen LogP contribution is 2.20. The number of pyridine rings is 1. The summed E-state index contributed by atoms with van der Waals surface area (Å²) in [5.74, 6) is 0.846. The Kier molecular flexibility index (Phi) is 5.08. The molecule has 1 saturated heterocycles. The molecule has 1 fully saturated rings. The van der Waals surface area contributed by atoms with Gasteiger partial charge in [0.15, 0.2) is 0 Å². The average molecular weight is 329 g/mol. The molecule has 0 aliphatic carbocycles. The summed E-state index contributed by atoms with van der Waals surface area (Å²) >= 11 is 0. The number of carbonyl (C=O) groups is 1. The molecule has 128 valence electrons. The van der Waals surface area contributed by atoms with E-state index in [0.29, 0.717) is 17.5 Å². The second-order valence-electron chi connectivity index (χ2n) is 6.40. The fourth-order valence-electron chi connectivity index (χ4n) is 2.99. The molecule has 1 aliphatic rings. The normalized spacial score (nSPS) is 18.0. The molecule has 7 nitrogen and oxygen atoms in total. The van der Waals surface area contributed by atoms with Crippen LogP contribution in [0.5, 0.6) is 5.88 Å². The number of carbonyl (C=O) groups excluding carboxylic acids is 1. The maximum Gasteiger partial charge on any atom is 0.272 e. The standard InChI is InChI=1S/C17H23N5O2/c1-13(2)24-16-7-3-6-15(20-16)17(23)21-8-4-5-14(9-21)10-22-12-18-11-19-22/h3,6-7,11-14H,4-5,8-10H2,1-2H3/t14-/m1/s1. The number of nitrogens with zero attached hydrogens (tertiary/aromatic N) is 5. The van der Waals surface area contributed by atoms with E-state index in [1.807, 2.05) is 29.5 Å². The zero-order valence-electron chi connectivity index (χ0n) is 14.1. The lowest BCUT2D eigenvalue weighted by Crippen LogP contribution is -2.41. The first kappa shape index (κ1) is 16.4. The van der Waals surface area contributed by atoms with E-state index in [1.165, 1.54) is 6.33 Å². The molecule has 1 amide bonds. The van der Waals surface area contributed by atoms with Crippen molar-refractivity contribution in [2.24, 2.45) is 5.92 Å². The molecule has 7 heteroatoms. The van der Waals surface area contributed by atoms with Gasteiger partial charge in [0.2, 0.25) is 5.88 Å². The molecular weight excluding hydrogens is 306 g/mol. The van der Waals surface area contributed by atoms with Crippen molar-refractivity contribution in [2.45, 2.75) is 39.3 Å².